The number of nitrogens with zero attached hydrogens (tertiary/aromatic N) is 3. The zero-order valence-electron chi connectivity index (χ0n) is 18.7. The van der Waals surface area contributed by atoms with Crippen molar-refractivity contribution in [3.63, 3.8) is 0 Å². The first-order valence-corrected chi connectivity index (χ1v) is 11.0. The van der Waals surface area contributed by atoms with E-state index in [9.17, 15) is 9.59 Å². The summed E-state index contributed by atoms with van der Waals surface area (Å²) in [6.45, 7) is 9.95. The van der Waals surface area contributed by atoms with Crippen LogP contribution in [0.1, 0.15) is 36.5 Å². The molecule has 1 aromatic heterocycles. The fourth-order valence-corrected chi connectivity index (χ4v) is 4.47. The number of amides is 1. The Kier molecular flexibility index (Phi) is 5.81. The van der Waals surface area contributed by atoms with Gasteiger partial charge in [-0.05, 0) is 56.7 Å². The Morgan fingerprint density at radius 3 is 2.32 bits per heavy atom. The van der Waals surface area contributed by atoms with Gasteiger partial charge in [0.05, 0.1) is 5.39 Å². The van der Waals surface area contributed by atoms with Crippen molar-refractivity contribution in [2.75, 3.05) is 23.3 Å². The summed E-state index contributed by atoms with van der Waals surface area (Å²) in [6, 6.07) is 11.6. The number of nitrogens with one attached hydrogen (secondary N) is 1. The van der Waals surface area contributed by atoms with Crippen molar-refractivity contribution in [1.29, 1.82) is 0 Å². The highest BCUT2D eigenvalue weighted by atomic mass is 16.2. The van der Waals surface area contributed by atoms with E-state index in [4.69, 9.17) is 0 Å². The van der Waals surface area contributed by atoms with E-state index in [2.05, 4.69) is 22.2 Å². The lowest BCUT2D eigenvalue weighted by Gasteiger charge is -2.32. The minimum atomic E-state index is -0.252. The van der Waals surface area contributed by atoms with Crippen LogP contribution in [0.3, 0.4) is 0 Å². The second kappa shape index (κ2) is 8.53. The van der Waals surface area contributed by atoms with Gasteiger partial charge in [-0.3, -0.25) is 9.59 Å². The van der Waals surface area contributed by atoms with Gasteiger partial charge in [0.25, 0.3) is 5.56 Å². The van der Waals surface area contributed by atoms with E-state index in [0.29, 0.717) is 11.3 Å². The van der Waals surface area contributed by atoms with Crippen molar-refractivity contribution in [2.45, 2.75) is 47.1 Å². The maximum absolute atomic E-state index is 13.1. The van der Waals surface area contributed by atoms with Crippen LogP contribution in [0.15, 0.2) is 41.2 Å². The monoisotopic (exact) mass is 418 g/mol. The largest absolute Gasteiger partial charge is 0.355 e. The van der Waals surface area contributed by atoms with Crippen LogP contribution in [0, 0.1) is 26.7 Å². The lowest BCUT2D eigenvalue weighted by Crippen LogP contribution is -2.37. The Balaban J connectivity index is 1.67. The number of carbonyl (C=O) groups excluding carboxylic acids is 1. The topological polar surface area (TPSA) is 67.2 Å². The fraction of sp³-hybridized carbons (Fsp3) is 0.400. The molecular formula is C25H30N4O2. The van der Waals surface area contributed by atoms with Gasteiger partial charge in [0.1, 0.15) is 6.54 Å². The SMILES string of the molecule is Cc1cc(C)c(NC(=O)Cn2nc(N3CCC(C)CC3)c3ccccc3c2=O)c(C)c1. The number of hydrogen-bond donors (Lipinski definition) is 1. The summed E-state index contributed by atoms with van der Waals surface area (Å²) in [5, 5.41) is 9.09. The first-order valence-electron chi connectivity index (χ1n) is 11.0. The number of piperidine rings is 1. The number of rotatable bonds is 4. The van der Waals surface area contributed by atoms with E-state index in [1.807, 2.05) is 57.2 Å². The van der Waals surface area contributed by atoms with Gasteiger partial charge in [0.2, 0.25) is 5.91 Å². The quantitative estimate of drug-likeness (QED) is 0.690. The molecule has 6 heteroatoms. The molecule has 0 bridgehead atoms. The number of aryl methyl sites for hydroxylation is 3. The molecule has 3 aromatic rings. The molecule has 1 aliphatic rings. The molecule has 1 N–H and O–H groups in total. The molecule has 2 aromatic carbocycles. The van der Waals surface area contributed by atoms with E-state index in [1.165, 1.54) is 4.68 Å². The molecule has 6 nitrogen and oxygen atoms in total. The molecule has 1 aliphatic heterocycles. The van der Waals surface area contributed by atoms with Crippen molar-refractivity contribution in [2.24, 2.45) is 5.92 Å². The number of anilines is 2. The first-order chi connectivity index (χ1) is 14.8. The molecule has 1 amide bonds. The van der Waals surface area contributed by atoms with Gasteiger partial charge in [-0.15, -0.1) is 0 Å². The molecule has 0 atom stereocenters. The van der Waals surface area contributed by atoms with Gasteiger partial charge in [0.15, 0.2) is 5.82 Å². The van der Waals surface area contributed by atoms with E-state index in [1.54, 1.807) is 0 Å². The van der Waals surface area contributed by atoms with E-state index in [-0.39, 0.29) is 18.0 Å². The molecule has 0 radical (unpaired) electrons. The van der Waals surface area contributed by atoms with E-state index < -0.39 is 0 Å². The van der Waals surface area contributed by atoms with Gasteiger partial charge in [-0.2, -0.15) is 5.10 Å². The fourth-order valence-electron chi connectivity index (χ4n) is 4.47. The molecule has 4 rings (SSSR count). The maximum atomic E-state index is 13.1. The minimum absolute atomic E-state index is 0.117. The number of hydrogen-bond acceptors (Lipinski definition) is 4. The zero-order chi connectivity index (χ0) is 22.1. The van der Waals surface area contributed by atoms with Gasteiger partial charge >= 0.3 is 0 Å². The second-order valence-electron chi connectivity index (χ2n) is 8.82. The number of fused-ring (bicyclic) bond motifs is 1. The maximum Gasteiger partial charge on any atom is 0.275 e. The van der Waals surface area contributed by atoms with Crippen molar-refractivity contribution >= 4 is 28.2 Å². The van der Waals surface area contributed by atoms with Crippen LogP contribution < -0.4 is 15.8 Å². The van der Waals surface area contributed by atoms with E-state index >= 15 is 0 Å². The zero-order valence-corrected chi connectivity index (χ0v) is 18.7. The van der Waals surface area contributed by atoms with Crippen molar-refractivity contribution < 1.29 is 4.79 Å². The van der Waals surface area contributed by atoms with Crippen LogP contribution in [-0.2, 0) is 11.3 Å². The number of aromatic nitrogens is 2. The third kappa shape index (κ3) is 4.33. The van der Waals surface area contributed by atoms with Crippen LogP contribution in [0.25, 0.3) is 10.8 Å². The van der Waals surface area contributed by atoms with Crippen molar-refractivity contribution in [3.05, 3.63) is 63.4 Å². The highest BCUT2D eigenvalue weighted by molar-refractivity contribution is 5.94. The Labute approximate surface area is 182 Å². The van der Waals surface area contributed by atoms with Gasteiger partial charge in [0, 0.05) is 24.2 Å². The van der Waals surface area contributed by atoms with E-state index in [0.717, 1.165) is 59.5 Å². The number of benzene rings is 2. The Morgan fingerprint density at radius 2 is 1.68 bits per heavy atom. The molecule has 0 spiro atoms. The Hall–Kier alpha value is -3.15. The molecule has 0 unspecified atom stereocenters. The highest BCUT2D eigenvalue weighted by Crippen LogP contribution is 2.27. The average molecular weight is 419 g/mol. The van der Waals surface area contributed by atoms with Crippen LogP contribution in [0.4, 0.5) is 11.5 Å². The van der Waals surface area contributed by atoms with Crippen LogP contribution >= 0.6 is 0 Å². The van der Waals surface area contributed by atoms with Gasteiger partial charge in [-0.1, -0.05) is 42.8 Å². The van der Waals surface area contributed by atoms with Crippen LogP contribution in [-0.4, -0.2) is 28.8 Å². The van der Waals surface area contributed by atoms with Crippen LogP contribution in [0.5, 0.6) is 0 Å². The summed E-state index contributed by atoms with van der Waals surface area (Å²) in [6.07, 6.45) is 2.20. The molecule has 0 saturated carbocycles. The molecule has 2 heterocycles. The molecule has 0 aliphatic carbocycles. The van der Waals surface area contributed by atoms with Gasteiger partial charge < -0.3 is 10.2 Å². The molecule has 1 fully saturated rings. The third-order valence-corrected chi connectivity index (χ3v) is 6.17. The van der Waals surface area contributed by atoms with Crippen molar-refractivity contribution in [3.8, 4) is 0 Å². The molecular weight excluding hydrogens is 388 g/mol. The standard InChI is InChI=1S/C25H30N4O2/c1-16-9-11-28(12-10-16)24-20-7-5-6-8-21(20)25(31)29(27-24)15-22(30)26-23-18(3)13-17(2)14-19(23)4/h5-8,13-14,16H,9-12,15H2,1-4H3,(H,26,30). The average Bonchev–Trinajstić information content (AvgIpc) is 2.73. The smallest absolute Gasteiger partial charge is 0.275 e. The normalized spacial score (nSPS) is 14.8. The summed E-state index contributed by atoms with van der Waals surface area (Å²) in [7, 11) is 0. The molecule has 1 saturated heterocycles. The second-order valence-corrected chi connectivity index (χ2v) is 8.82. The summed E-state index contributed by atoms with van der Waals surface area (Å²) in [5.74, 6) is 1.23. The molecule has 31 heavy (non-hydrogen) atoms. The molecule has 162 valence electrons. The van der Waals surface area contributed by atoms with Crippen molar-refractivity contribution in [1.82, 2.24) is 9.78 Å². The van der Waals surface area contributed by atoms with Crippen LogP contribution in [0.2, 0.25) is 0 Å². The minimum Gasteiger partial charge on any atom is -0.355 e. The third-order valence-electron chi connectivity index (χ3n) is 6.17. The first kappa shape index (κ1) is 21.1. The van der Waals surface area contributed by atoms with Gasteiger partial charge in [-0.25, -0.2) is 4.68 Å². The predicted molar refractivity (Wildman–Crippen MR) is 126 cm³/mol. The lowest BCUT2D eigenvalue weighted by atomic mass is 9.99. The predicted octanol–water partition coefficient (Wildman–Crippen LogP) is 4.20. The lowest BCUT2D eigenvalue weighted by molar-refractivity contribution is -0.117. The summed E-state index contributed by atoms with van der Waals surface area (Å²) < 4.78 is 1.31. The summed E-state index contributed by atoms with van der Waals surface area (Å²) in [5.41, 5.74) is 3.73. The highest BCUT2D eigenvalue weighted by Gasteiger charge is 2.21. The number of carbonyl (C=O) groups is 1. The summed E-state index contributed by atoms with van der Waals surface area (Å²) in [4.78, 5) is 28.2. The Morgan fingerprint density at radius 1 is 1.06 bits per heavy atom. The summed E-state index contributed by atoms with van der Waals surface area (Å²) >= 11 is 0. The Bertz CT molecular complexity index is 1170.